The molecule has 0 unspecified atom stereocenters. The predicted molar refractivity (Wildman–Crippen MR) is 59.7 cm³/mol. The van der Waals surface area contributed by atoms with Crippen LogP contribution in [0.3, 0.4) is 0 Å². The Kier molecular flexibility index (Phi) is 5.04. The quantitative estimate of drug-likeness (QED) is 0.769. The monoisotopic (exact) mass is 254 g/mol. The van der Waals surface area contributed by atoms with E-state index in [2.05, 4.69) is 0 Å². The highest BCUT2D eigenvalue weighted by Crippen LogP contribution is 2.38. The number of carbonyl (C=O) groups is 1. The van der Waals surface area contributed by atoms with E-state index in [0.717, 1.165) is 0 Å². The molecule has 0 spiro atoms. The number of alkyl halides is 3. The maximum absolute atomic E-state index is 12.0. The van der Waals surface area contributed by atoms with Gasteiger partial charge in [-0.25, -0.2) is 0 Å². The van der Waals surface area contributed by atoms with E-state index in [1.807, 2.05) is 13.8 Å². The van der Waals surface area contributed by atoms with Gasteiger partial charge >= 0.3 is 12.1 Å². The fraction of sp³-hybridized carbons (Fsp3) is 0.917. The fourth-order valence-corrected chi connectivity index (χ4v) is 2.13. The Balaban J connectivity index is 4.26. The van der Waals surface area contributed by atoms with Gasteiger partial charge in [-0.1, -0.05) is 13.8 Å². The molecule has 1 N–H and O–H groups in total. The molecule has 17 heavy (non-hydrogen) atoms. The minimum Gasteiger partial charge on any atom is -0.481 e. The third-order valence-corrected chi connectivity index (χ3v) is 2.81. The van der Waals surface area contributed by atoms with Gasteiger partial charge in [0.25, 0.3) is 0 Å². The summed E-state index contributed by atoms with van der Waals surface area (Å²) in [5, 5.41) is 8.98. The minimum atomic E-state index is -4.13. The lowest BCUT2D eigenvalue weighted by atomic mass is 9.72. The molecule has 0 fully saturated rings. The van der Waals surface area contributed by atoms with Gasteiger partial charge in [0.05, 0.1) is 5.41 Å². The van der Waals surface area contributed by atoms with Gasteiger partial charge in [-0.15, -0.1) is 0 Å². The zero-order valence-electron chi connectivity index (χ0n) is 10.8. The van der Waals surface area contributed by atoms with E-state index in [4.69, 9.17) is 5.11 Å². The lowest BCUT2D eigenvalue weighted by molar-refractivity contribution is -0.149. The summed E-state index contributed by atoms with van der Waals surface area (Å²) in [4.78, 5) is 11.0. The van der Waals surface area contributed by atoms with Crippen LogP contribution in [0.1, 0.15) is 53.4 Å². The van der Waals surface area contributed by atoms with Crippen molar-refractivity contribution in [3.8, 4) is 0 Å². The van der Waals surface area contributed by atoms with Crippen LogP contribution in [-0.2, 0) is 4.79 Å². The van der Waals surface area contributed by atoms with Crippen LogP contribution in [0.2, 0.25) is 0 Å². The van der Waals surface area contributed by atoms with Gasteiger partial charge in [0.15, 0.2) is 0 Å². The Morgan fingerprint density at radius 2 is 1.53 bits per heavy atom. The van der Waals surface area contributed by atoms with Crippen molar-refractivity contribution < 1.29 is 23.1 Å². The highest BCUT2D eigenvalue weighted by molar-refractivity contribution is 5.73. The van der Waals surface area contributed by atoms with Crippen molar-refractivity contribution in [2.75, 3.05) is 0 Å². The maximum atomic E-state index is 12.0. The fourth-order valence-electron chi connectivity index (χ4n) is 2.13. The van der Waals surface area contributed by atoms with Crippen molar-refractivity contribution in [2.24, 2.45) is 10.8 Å². The smallest absolute Gasteiger partial charge is 0.389 e. The third kappa shape index (κ3) is 7.23. The van der Waals surface area contributed by atoms with Crippen LogP contribution >= 0.6 is 0 Å². The Morgan fingerprint density at radius 3 is 1.88 bits per heavy atom. The number of halogens is 3. The molecule has 0 bridgehead atoms. The number of hydrogen-bond acceptors (Lipinski definition) is 1. The molecule has 5 heteroatoms. The lowest BCUT2D eigenvalue weighted by Gasteiger charge is -2.32. The van der Waals surface area contributed by atoms with Crippen LogP contribution in [0.15, 0.2) is 0 Å². The number of carboxylic acids is 1. The van der Waals surface area contributed by atoms with Crippen LogP contribution in [0.25, 0.3) is 0 Å². The molecule has 0 radical (unpaired) electrons. The SMILES string of the molecule is CC(C)(CCCC(F)(F)F)CC(C)(C)C(=O)O. The summed E-state index contributed by atoms with van der Waals surface area (Å²) < 4.78 is 36.0. The molecule has 0 aromatic rings. The standard InChI is InChI=1S/C12H21F3O2/c1-10(2,6-5-7-12(13,14)15)8-11(3,4)9(16)17/h5-8H2,1-4H3,(H,16,17). The average molecular weight is 254 g/mol. The zero-order chi connectivity index (χ0) is 13.9. The van der Waals surface area contributed by atoms with Gasteiger partial charge in [-0.2, -0.15) is 13.2 Å². The van der Waals surface area contributed by atoms with Crippen molar-refractivity contribution in [3.63, 3.8) is 0 Å². The van der Waals surface area contributed by atoms with Crippen molar-refractivity contribution in [1.82, 2.24) is 0 Å². The average Bonchev–Trinajstić information content (AvgIpc) is 1.97. The summed E-state index contributed by atoms with van der Waals surface area (Å²) >= 11 is 0. The molecule has 0 atom stereocenters. The predicted octanol–water partition coefficient (Wildman–Crippen LogP) is 4.25. The van der Waals surface area contributed by atoms with Gasteiger partial charge in [0.1, 0.15) is 0 Å². The first-order valence-corrected chi connectivity index (χ1v) is 5.66. The van der Waals surface area contributed by atoms with Gasteiger partial charge < -0.3 is 5.11 Å². The summed E-state index contributed by atoms with van der Waals surface area (Å²) in [5.74, 6) is -0.915. The van der Waals surface area contributed by atoms with Crippen LogP contribution < -0.4 is 0 Å². The van der Waals surface area contributed by atoms with Gasteiger partial charge in [0, 0.05) is 6.42 Å². The highest BCUT2D eigenvalue weighted by atomic mass is 19.4. The molecule has 0 aliphatic rings. The summed E-state index contributed by atoms with van der Waals surface area (Å²) in [6.07, 6.45) is -4.13. The molecule has 0 saturated heterocycles. The Bertz CT molecular complexity index is 267. The van der Waals surface area contributed by atoms with E-state index in [-0.39, 0.29) is 6.42 Å². The normalized spacial score (nSPS) is 13.8. The molecular weight excluding hydrogens is 233 g/mol. The highest BCUT2D eigenvalue weighted by Gasteiger charge is 2.35. The topological polar surface area (TPSA) is 37.3 Å². The van der Waals surface area contributed by atoms with E-state index in [9.17, 15) is 18.0 Å². The van der Waals surface area contributed by atoms with Gasteiger partial charge in [0.2, 0.25) is 0 Å². The van der Waals surface area contributed by atoms with Crippen LogP contribution in [0.5, 0.6) is 0 Å². The second-order valence-corrected chi connectivity index (χ2v) is 6.00. The number of rotatable bonds is 6. The molecule has 0 aromatic heterocycles. The first kappa shape index (κ1) is 16.3. The molecule has 0 heterocycles. The molecule has 0 aromatic carbocycles. The van der Waals surface area contributed by atoms with Crippen molar-refractivity contribution in [2.45, 2.75) is 59.6 Å². The third-order valence-electron chi connectivity index (χ3n) is 2.81. The Labute approximate surface area is 100 Å². The molecule has 0 rings (SSSR count). The number of hydrogen-bond donors (Lipinski definition) is 1. The molecule has 0 aliphatic carbocycles. The Morgan fingerprint density at radius 1 is 1.06 bits per heavy atom. The van der Waals surface area contributed by atoms with Crippen molar-refractivity contribution in [3.05, 3.63) is 0 Å². The molecule has 0 saturated carbocycles. The summed E-state index contributed by atoms with van der Waals surface area (Å²) in [6, 6.07) is 0. The van der Waals surface area contributed by atoms with E-state index in [1.54, 1.807) is 13.8 Å². The summed E-state index contributed by atoms with van der Waals surface area (Å²) in [6.45, 7) is 6.82. The molecule has 0 amide bonds. The van der Waals surface area contributed by atoms with Crippen LogP contribution in [0.4, 0.5) is 13.2 Å². The first-order chi connectivity index (χ1) is 7.36. The molecular formula is C12H21F3O2. The molecule has 102 valence electrons. The van der Waals surface area contributed by atoms with Crippen molar-refractivity contribution in [1.29, 1.82) is 0 Å². The second kappa shape index (κ2) is 5.27. The summed E-state index contributed by atoms with van der Waals surface area (Å²) in [7, 11) is 0. The summed E-state index contributed by atoms with van der Waals surface area (Å²) in [5.41, 5.74) is -1.30. The van der Waals surface area contributed by atoms with Crippen molar-refractivity contribution >= 4 is 5.97 Å². The van der Waals surface area contributed by atoms with Crippen LogP contribution in [0, 0.1) is 10.8 Å². The Hall–Kier alpha value is -0.740. The zero-order valence-corrected chi connectivity index (χ0v) is 10.8. The van der Waals surface area contributed by atoms with E-state index < -0.39 is 29.4 Å². The van der Waals surface area contributed by atoms with Gasteiger partial charge in [-0.3, -0.25) is 4.79 Å². The second-order valence-electron chi connectivity index (χ2n) is 6.00. The van der Waals surface area contributed by atoms with E-state index in [1.165, 1.54) is 0 Å². The van der Waals surface area contributed by atoms with E-state index >= 15 is 0 Å². The number of aliphatic carboxylic acids is 1. The first-order valence-electron chi connectivity index (χ1n) is 5.66. The van der Waals surface area contributed by atoms with E-state index in [0.29, 0.717) is 12.8 Å². The lowest BCUT2D eigenvalue weighted by Crippen LogP contribution is -2.30. The minimum absolute atomic E-state index is 0.0478. The van der Waals surface area contributed by atoms with Gasteiger partial charge in [-0.05, 0) is 38.5 Å². The molecule has 0 aliphatic heterocycles. The molecule has 2 nitrogen and oxygen atoms in total. The number of carboxylic acid groups (broad SMARTS) is 1. The maximum Gasteiger partial charge on any atom is 0.389 e. The van der Waals surface area contributed by atoms with Crippen LogP contribution in [-0.4, -0.2) is 17.3 Å². The largest absolute Gasteiger partial charge is 0.481 e.